The standard InChI is InChI=1S/C15H25N3OS/c1-15(2,3)14(19)17(4)12-6-5-7-18(9-12)10-13-8-16-11-20-13/h8,11-12H,5-7,9-10H2,1-4H3. The van der Waals surface area contributed by atoms with Crippen LogP contribution in [0.1, 0.15) is 38.5 Å². The van der Waals surface area contributed by atoms with Crippen molar-refractivity contribution in [3.8, 4) is 0 Å². The van der Waals surface area contributed by atoms with Crippen molar-refractivity contribution in [1.29, 1.82) is 0 Å². The fourth-order valence-corrected chi connectivity index (χ4v) is 3.36. The fourth-order valence-electron chi connectivity index (χ4n) is 2.73. The van der Waals surface area contributed by atoms with Gasteiger partial charge in [0, 0.05) is 42.7 Å². The smallest absolute Gasteiger partial charge is 0.227 e. The lowest BCUT2D eigenvalue weighted by Gasteiger charge is -2.39. The predicted octanol–water partition coefficient (Wildman–Crippen LogP) is 2.61. The SMILES string of the molecule is CN(C(=O)C(C)(C)C)C1CCCN(Cc2cncs2)C1. The van der Waals surface area contributed by atoms with Crippen molar-refractivity contribution in [1.82, 2.24) is 14.8 Å². The maximum Gasteiger partial charge on any atom is 0.227 e. The molecule has 1 unspecified atom stereocenters. The molecule has 1 atom stereocenters. The summed E-state index contributed by atoms with van der Waals surface area (Å²) in [7, 11) is 1.95. The molecule has 0 aliphatic carbocycles. The molecule has 1 fully saturated rings. The average Bonchev–Trinajstić information content (AvgIpc) is 2.89. The molecule has 0 bridgehead atoms. The van der Waals surface area contributed by atoms with Gasteiger partial charge in [-0.3, -0.25) is 14.7 Å². The predicted molar refractivity (Wildman–Crippen MR) is 82.6 cm³/mol. The highest BCUT2D eigenvalue weighted by Gasteiger charge is 2.31. The number of carbonyl (C=O) groups excluding carboxylic acids is 1. The number of carbonyl (C=O) groups is 1. The van der Waals surface area contributed by atoms with E-state index in [0.717, 1.165) is 32.5 Å². The first-order valence-electron chi connectivity index (χ1n) is 7.25. The summed E-state index contributed by atoms with van der Waals surface area (Å²) in [6.45, 7) is 9.01. The van der Waals surface area contributed by atoms with Crippen molar-refractivity contribution in [3.63, 3.8) is 0 Å². The number of likely N-dealkylation sites (N-methyl/N-ethyl adjacent to an activating group) is 1. The van der Waals surface area contributed by atoms with Crippen LogP contribution in [0.4, 0.5) is 0 Å². The summed E-state index contributed by atoms with van der Waals surface area (Å²) in [4.78, 5) is 22.2. The van der Waals surface area contributed by atoms with Crippen LogP contribution >= 0.6 is 11.3 Å². The first-order chi connectivity index (χ1) is 9.38. The molecular formula is C15H25N3OS. The lowest BCUT2D eigenvalue weighted by Crippen LogP contribution is -2.50. The summed E-state index contributed by atoms with van der Waals surface area (Å²) in [6, 6.07) is 0.336. The molecule has 4 nitrogen and oxygen atoms in total. The van der Waals surface area contributed by atoms with Gasteiger partial charge in [0.25, 0.3) is 0 Å². The molecule has 1 saturated heterocycles. The molecule has 1 aliphatic heterocycles. The number of hydrogen-bond donors (Lipinski definition) is 0. The lowest BCUT2D eigenvalue weighted by molar-refractivity contribution is -0.141. The van der Waals surface area contributed by atoms with Gasteiger partial charge in [-0.2, -0.15) is 0 Å². The van der Waals surface area contributed by atoms with E-state index in [0.29, 0.717) is 6.04 Å². The molecule has 2 rings (SSSR count). The Bertz CT molecular complexity index is 438. The first kappa shape index (κ1) is 15.4. The van der Waals surface area contributed by atoms with Crippen molar-refractivity contribution in [3.05, 3.63) is 16.6 Å². The molecule has 1 amide bonds. The van der Waals surface area contributed by atoms with Crippen LogP contribution in [0, 0.1) is 5.41 Å². The third-order valence-corrected chi connectivity index (χ3v) is 4.62. The molecule has 112 valence electrons. The number of aromatic nitrogens is 1. The van der Waals surface area contributed by atoms with E-state index in [1.165, 1.54) is 4.88 Å². The number of nitrogens with zero attached hydrogens (tertiary/aromatic N) is 3. The molecule has 0 radical (unpaired) electrons. The maximum atomic E-state index is 12.4. The van der Waals surface area contributed by atoms with Crippen LogP contribution in [0.15, 0.2) is 11.7 Å². The summed E-state index contributed by atoms with van der Waals surface area (Å²) in [5.74, 6) is 0.238. The van der Waals surface area contributed by atoms with Crippen molar-refractivity contribution < 1.29 is 4.79 Å². The Labute approximate surface area is 125 Å². The molecule has 0 spiro atoms. The van der Waals surface area contributed by atoms with Crippen LogP contribution in [0.3, 0.4) is 0 Å². The largest absolute Gasteiger partial charge is 0.341 e. The van der Waals surface area contributed by atoms with Crippen LogP contribution in [0.2, 0.25) is 0 Å². The van der Waals surface area contributed by atoms with E-state index in [4.69, 9.17) is 0 Å². The molecule has 1 aromatic rings. The summed E-state index contributed by atoms with van der Waals surface area (Å²) in [5.41, 5.74) is 1.58. The minimum Gasteiger partial charge on any atom is -0.341 e. The molecule has 20 heavy (non-hydrogen) atoms. The average molecular weight is 295 g/mol. The van der Waals surface area contributed by atoms with E-state index in [2.05, 4.69) is 9.88 Å². The van der Waals surface area contributed by atoms with E-state index in [1.807, 2.05) is 44.4 Å². The third kappa shape index (κ3) is 3.79. The van der Waals surface area contributed by atoms with Gasteiger partial charge in [0.15, 0.2) is 0 Å². The zero-order chi connectivity index (χ0) is 14.8. The van der Waals surface area contributed by atoms with Crippen LogP contribution < -0.4 is 0 Å². The molecule has 5 heteroatoms. The van der Waals surface area contributed by atoms with Gasteiger partial charge >= 0.3 is 0 Å². The Morgan fingerprint density at radius 1 is 1.55 bits per heavy atom. The number of thiazole rings is 1. The molecular weight excluding hydrogens is 270 g/mol. The number of rotatable bonds is 3. The van der Waals surface area contributed by atoms with Crippen molar-refractivity contribution in [2.45, 2.75) is 46.2 Å². The summed E-state index contributed by atoms with van der Waals surface area (Å²) < 4.78 is 0. The highest BCUT2D eigenvalue weighted by atomic mass is 32.1. The monoisotopic (exact) mass is 295 g/mol. The summed E-state index contributed by atoms with van der Waals surface area (Å²) in [6.07, 6.45) is 4.21. The second-order valence-electron chi connectivity index (χ2n) is 6.66. The fraction of sp³-hybridized carbons (Fsp3) is 0.733. The van der Waals surface area contributed by atoms with E-state index >= 15 is 0 Å². The second kappa shape index (κ2) is 6.22. The minimum atomic E-state index is -0.297. The molecule has 0 N–H and O–H groups in total. The number of likely N-dealkylation sites (tertiary alicyclic amines) is 1. The van der Waals surface area contributed by atoms with E-state index < -0.39 is 0 Å². The minimum absolute atomic E-state index is 0.238. The van der Waals surface area contributed by atoms with E-state index in [9.17, 15) is 4.79 Å². The topological polar surface area (TPSA) is 36.4 Å². The van der Waals surface area contributed by atoms with Gasteiger partial charge in [0.05, 0.1) is 5.51 Å². The molecule has 0 aromatic carbocycles. The molecule has 0 saturated carbocycles. The molecule has 1 aliphatic rings. The molecule has 2 heterocycles. The van der Waals surface area contributed by atoms with Crippen LogP contribution in [0.5, 0.6) is 0 Å². The maximum absolute atomic E-state index is 12.4. The number of hydrogen-bond acceptors (Lipinski definition) is 4. The number of piperidine rings is 1. The quantitative estimate of drug-likeness (QED) is 0.860. The van der Waals surface area contributed by atoms with Crippen LogP contribution in [-0.4, -0.2) is 46.9 Å². The van der Waals surface area contributed by atoms with Gasteiger partial charge in [0.1, 0.15) is 0 Å². The Hall–Kier alpha value is -0.940. The van der Waals surface area contributed by atoms with E-state index in [1.54, 1.807) is 11.3 Å². The summed E-state index contributed by atoms with van der Waals surface area (Å²) >= 11 is 1.70. The van der Waals surface area contributed by atoms with Gasteiger partial charge < -0.3 is 4.90 Å². The number of amides is 1. The Morgan fingerprint density at radius 3 is 2.90 bits per heavy atom. The Kier molecular flexibility index (Phi) is 4.81. The highest BCUT2D eigenvalue weighted by Crippen LogP contribution is 2.23. The van der Waals surface area contributed by atoms with Gasteiger partial charge in [-0.15, -0.1) is 11.3 Å². The van der Waals surface area contributed by atoms with Crippen molar-refractivity contribution >= 4 is 17.2 Å². The zero-order valence-corrected chi connectivity index (χ0v) is 13.7. The van der Waals surface area contributed by atoms with E-state index in [-0.39, 0.29) is 11.3 Å². The van der Waals surface area contributed by atoms with Crippen LogP contribution in [0.25, 0.3) is 0 Å². The lowest BCUT2D eigenvalue weighted by atomic mass is 9.93. The third-order valence-electron chi connectivity index (χ3n) is 3.85. The van der Waals surface area contributed by atoms with Crippen molar-refractivity contribution in [2.75, 3.05) is 20.1 Å². The normalized spacial score (nSPS) is 20.9. The Balaban J connectivity index is 1.94. The second-order valence-corrected chi connectivity index (χ2v) is 7.64. The highest BCUT2D eigenvalue weighted by molar-refractivity contribution is 7.09. The summed E-state index contributed by atoms with van der Waals surface area (Å²) in [5, 5.41) is 0. The van der Waals surface area contributed by atoms with Crippen molar-refractivity contribution in [2.24, 2.45) is 5.41 Å². The van der Waals surface area contributed by atoms with Gasteiger partial charge in [-0.1, -0.05) is 20.8 Å². The first-order valence-corrected chi connectivity index (χ1v) is 8.13. The zero-order valence-electron chi connectivity index (χ0n) is 12.9. The van der Waals surface area contributed by atoms with Gasteiger partial charge in [-0.05, 0) is 19.4 Å². The van der Waals surface area contributed by atoms with Gasteiger partial charge in [-0.25, -0.2) is 0 Å². The Morgan fingerprint density at radius 2 is 2.30 bits per heavy atom. The molecule has 1 aromatic heterocycles. The van der Waals surface area contributed by atoms with Gasteiger partial charge in [0.2, 0.25) is 5.91 Å². The van der Waals surface area contributed by atoms with Crippen LogP contribution in [-0.2, 0) is 11.3 Å².